The average Bonchev–Trinajstić information content (AvgIpc) is 2.46. The van der Waals surface area contributed by atoms with Crippen molar-refractivity contribution in [2.24, 2.45) is 0 Å². The molecule has 0 spiro atoms. The SMILES string of the molecule is CNc1ccc(CNCCc2ccc(Br)cc2)cc1. The third-order valence-corrected chi connectivity index (χ3v) is 3.60. The lowest BCUT2D eigenvalue weighted by Crippen LogP contribution is -2.16. The Morgan fingerprint density at radius 1 is 0.895 bits per heavy atom. The van der Waals surface area contributed by atoms with E-state index < -0.39 is 0 Å². The lowest BCUT2D eigenvalue weighted by Gasteiger charge is -2.06. The Labute approximate surface area is 123 Å². The van der Waals surface area contributed by atoms with Gasteiger partial charge in [0.25, 0.3) is 0 Å². The van der Waals surface area contributed by atoms with E-state index in [9.17, 15) is 0 Å². The van der Waals surface area contributed by atoms with Crippen LogP contribution in [0.3, 0.4) is 0 Å². The summed E-state index contributed by atoms with van der Waals surface area (Å²) in [4.78, 5) is 0. The van der Waals surface area contributed by atoms with Crippen LogP contribution in [0, 0.1) is 0 Å². The molecular weight excluding hydrogens is 300 g/mol. The Morgan fingerprint density at radius 2 is 1.53 bits per heavy atom. The maximum atomic E-state index is 3.47. The summed E-state index contributed by atoms with van der Waals surface area (Å²) in [7, 11) is 1.94. The van der Waals surface area contributed by atoms with E-state index in [0.29, 0.717) is 0 Å². The molecule has 0 radical (unpaired) electrons. The Hall–Kier alpha value is -1.32. The molecule has 0 aliphatic heterocycles. The van der Waals surface area contributed by atoms with Crippen molar-refractivity contribution in [2.45, 2.75) is 13.0 Å². The van der Waals surface area contributed by atoms with Gasteiger partial charge in [-0.05, 0) is 48.4 Å². The predicted molar refractivity (Wildman–Crippen MR) is 85.5 cm³/mol. The lowest BCUT2D eigenvalue weighted by molar-refractivity contribution is 0.687. The normalized spacial score (nSPS) is 10.4. The zero-order valence-electron chi connectivity index (χ0n) is 11.1. The minimum Gasteiger partial charge on any atom is -0.388 e. The fourth-order valence-corrected chi connectivity index (χ4v) is 2.17. The molecule has 2 N–H and O–H groups in total. The zero-order valence-corrected chi connectivity index (χ0v) is 12.7. The van der Waals surface area contributed by atoms with E-state index >= 15 is 0 Å². The first kappa shape index (κ1) is 14.1. The molecule has 0 aliphatic rings. The van der Waals surface area contributed by atoms with Crippen molar-refractivity contribution in [1.29, 1.82) is 0 Å². The molecule has 2 aromatic carbocycles. The summed E-state index contributed by atoms with van der Waals surface area (Å²) in [5.41, 5.74) is 3.83. The topological polar surface area (TPSA) is 24.1 Å². The highest BCUT2D eigenvalue weighted by molar-refractivity contribution is 9.10. The summed E-state index contributed by atoms with van der Waals surface area (Å²) >= 11 is 3.45. The van der Waals surface area contributed by atoms with Gasteiger partial charge in [-0.15, -0.1) is 0 Å². The Balaban J connectivity index is 1.72. The highest BCUT2D eigenvalue weighted by Gasteiger charge is 1.95. The molecule has 0 amide bonds. The Kier molecular flexibility index (Phi) is 5.43. The van der Waals surface area contributed by atoms with Crippen LogP contribution in [0.5, 0.6) is 0 Å². The third kappa shape index (κ3) is 4.69. The second-order valence-corrected chi connectivity index (χ2v) is 5.42. The second kappa shape index (κ2) is 7.31. The fraction of sp³-hybridized carbons (Fsp3) is 0.250. The summed E-state index contributed by atoms with van der Waals surface area (Å²) in [6, 6.07) is 17.0. The van der Waals surface area contributed by atoms with Gasteiger partial charge in [0.2, 0.25) is 0 Å². The maximum absolute atomic E-state index is 3.47. The van der Waals surface area contributed by atoms with E-state index in [4.69, 9.17) is 0 Å². The van der Waals surface area contributed by atoms with Crippen molar-refractivity contribution in [2.75, 3.05) is 18.9 Å². The molecule has 0 atom stereocenters. The number of benzene rings is 2. The van der Waals surface area contributed by atoms with Crippen LogP contribution < -0.4 is 10.6 Å². The van der Waals surface area contributed by atoms with E-state index in [1.54, 1.807) is 0 Å². The predicted octanol–water partition coefficient (Wildman–Crippen LogP) is 3.82. The largest absolute Gasteiger partial charge is 0.388 e. The lowest BCUT2D eigenvalue weighted by atomic mass is 10.1. The number of nitrogens with one attached hydrogen (secondary N) is 2. The van der Waals surface area contributed by atoms with Crippen LogP contribution in [0.1, 0.15) is 11.1 Å². The first-order valence-electron chi connectivity index (χ1n) is 6.50. The van der Waals surface area contributed by atoms with Gasteiger partial charge in [0.05, 0.1) is 0 Å². The Bertz CT molecular complexity index is 491. The van der Waals surface area contributed by atoms with Crippen molar-refractivity contribution in [1.82, 2.24) is 5.32 Å². The van der Waals surface area contributed by atoms with Gasteiger partial charge < -0.3 is 10.6 Å². The molecule has 3 heteroatoms. The molecule has 0 aromatic heterocycles. The minimum absolute atomic E-state index is 0.917. The summed E-state index contributed by atoms with van der Waals surface area (Å²) in [6.45, 7) is 1.91. The van der Waals surface area contributed by atoms with Gasteiger partial charge in [-0.25, -0.2) is 0 Å². The number of hydrogen-bond donors (Lipinski definition) is 2. The summed E-state index contributed by atoms with van der Waals surface area (Å²) in [5, 5.41) is 6.59. The van der Waals surface area contributed by atoms with Crippen molar-refractivity contribution in [3.05, 3.63) is 64.1 Å². The molecule has 0 bridgehead atoms. The van der Waals surface area contributed by atoms with E-state index in [0.717, 1.165) is 29.7 Å². The molecule has 2 rings (SSSR count). The summed E-state index contributed by atoms with van der Waals surface area (Å²) in [6.07, 6.45) is 1.06. The van der Waals surface area contributed by atoms with Crippen LogP contribution in [-0.4, -0.2) is 13.6 Å². The van der Waals surface area contributed by atoms with Crippen LogP contribution >= 0.6 is 15.9 Å². The number of rotatable bonds is 6. The highest BCUT2D eigenvalue weighted by atomic mass is 79.9. The van der Waals surface area contributed by atoms with Crippen molar-refractivity contribution < 1.29 is 0 Å². The Morgan fingerprint density at radius 3 is 2.16 bits per heavy atom. The molecule has 0 saturated carbocycles. The minimum atomic E-state index is 0.917. The molecule has 0 fully saturated rings. The smallest absolute Gasteiger partial charge is 0.0337 e. The van der Waals surface area contributed by atoms with Crippen LogP contribution in [-0.2, 0) is 13.0 Å². The monoisotopic (exact) mass is 318 g/mol. The van der Waals surface area contributed by atoms with E-state index in [-0.39, 0.29) is 0 Å². The van der Waals surface area contributed by atoms with Gasteiger partial charge in [-0.2, -0.15) is 0 Å². The average molecular weight is 319 g/mol. The van der Waals surface area contributed by atoms with Crippen LogP contribution in [0.25, 0.3) is 0 Å². The zero-order chi connectivity index (χ0) is 13.5. The van der Waals surface area contributed by atoms with Crippen molar-refractivity contribution in [3.63, 3.8) is 0 Å². The molecule has 0 unspecified atom stereocenters. The highest BCUT2D eigenvalue weighted by Crippen LogP contribution is 2.11. The van der Waals surface area contributed by atoms with E-state index in [1.807, 2.05) is 7.05 Å². The standard InChI is InChI=1S/C16H19BrN2/c1-18-16-8-4-14(5-9-16)12-19-11-10-13-2-6-15(17)7-3-13/h2-9,18-19H,10-12H2,1H3. The molecule has 0 aliphatic carbocycles. The quantitative estimate of drug-likeness (QED) is 0.791. The molecular formula is C16H19BrN2. The molecule has 0 heterocycles. The second-order valence-electron chi connectivity index (χ2n) is 4.50. The van der Waals surface area contributed by atoms with Crippen LogP contribution in [0.2, 0.25) is 0 Å². The van der Waals surface area contributed by atoms with Gasteiger partial charge in [0, 0.05) is 23.8 Å². The third-order valence-electron chi connectivity index (χ3n) is 3.08. The van der Waals surface area contributed by atoms with Gasteiger partial charge >= 0.3 is 0 Å². The molecule has 100 valence electrons. The van der Waals surface area contributed by atoms with Gasteiger partial charge in [-0.1, -0.05) is 40.2 Å². The van der Waals surface area contributed by atoms with Gasteiger partial charge in [0.15, 0.2) is 0 Å². The number of anilines is 1. The van der Waals surface area contributed by atoms with Crippen molar-refractivity contribution in [3.8, 4) is 0 Å². The number of halogens is 1. The van der Waals surface area contributed by atoms with Gasteiger partial charge in [-0.3, -0.25) is 0 Å². The van der Waals surface area contributed by atoms with Crippen LogP contribution in [0.4, 0.5) is 5.69 Å². The molecule has 2 nitrogen and oxygen atoms in total. The van der Waals surface area contributed by atoms with Gasteiger partial charge in [0.1, 0.15) is 0 Å². The van der Waals surface area contributed by atoms with Crippen LogP contribution in [0.15, 0.2) is 53.0 Å². The van der Waals surface area contributed by atoms with E-state index in [2.05, 4.69) is 75.1 Å². The van der Waals surface area contributed by atoms with E-state index in [1.165, 1.54) is 11.1 Å². The van der Waals surface area contributed by atoms with Crippen molar-refractivity contribution >= 4 is 21.6 Å². The number of hydrogen-bond acceptors (Lipinski definition) is 2. The molecule has 0 saturated heterocycles. The maximum Gasteiger partial charge on any atom is 0.0337 e. The fourth-order valence-electron chi connectivity index (χ4n) is 1.91. The molecule has 2 aromatic rings. The molecule has 19 heavy (non-hydrogen) atoms. The summed E-state index contributed by atoms with van der Waals surface area (Å²) < 4.78 is 1.13. The first-order chi connectivity index (χ1) is 9.28. The summed E-state index contributed by atoms with van der Waals surface area (Å²) in [5.74, 6) is 0. The first-order valence-corrected chi connectivity index (χ1v) is 7.29.